The average Bonchev–Trinajstić information content (AvgIpc) is 3.28. The topological polar surface area (TPSA) is 54.9 Å². The molecule has 3 aromatic rings. The standard InChI is InChI=1S/C23H23N3O/c27-22(16-4-1-2-5-16)26-23(10-11-23)19-7-3-6-17(14-19)18-8-9-20-21(15-18)25-13-12-24-20/h3,6-9,12-16H,1-2,4-5,10-11H2,(H,26,27). The van der Waals surface area contributed by atoms with Crippen molar-refractivity contribution in [1.82, 2.24) is 15.3 Å². The quantitative estimate of drug-likeness (QED) is 0.743. The maximum Gasteiger partial charge on any atom is 0.223 e. The predicted octanol–water partition coefficient (Wildman–Crippen LogP) is 4.59. The number of nitrogens with one attached hydrogen (secondary N) is 1. The molecule has 1 N–H and O–H groups in total. The fourth-order valence-electron chi connectivity index (χ4n) is 4.28. The van der Waals surface area contributed by atoms with Crippen molar-refractivity contribution >= 4 is 16.9 Å². The second-order valence-corrected chi connectivity index (χ2v) is 7.89. The Labute approximate surface area is 159 Å². The van der Waals surface area contributed by atoms with Crippen molar-refractivity contribution in [3.63, 3.8) is 0 Å². The monoisotopic (exact) mass is 357 g/mol. The van der Waals surface area contributed by atoms with Crippen LogP contribution in [-0.4, -0.2) is 15.9 Å². The van der Waals surface area contributed by atoms with E-state index in [2.05, 4.69) is 51.7 Å². The molecule has 2 aliphatic rings. The molecule has 4 heteroatoms. The van der Waals surface area contributed by atoms with E-state index in [1.807, 2.05) is 6.07 Å². The molecule has 2 aromatic carbocycles. The van der Waals surface area contributed by atoms with Crippen molar-refractivity contribution in [3.05, 3.63) is 60.4 Å². The first-order valence-corrected chi connectivity index (χ1v) is 9.87. The summed E-state index contributed by atoms with van der Waals surface area (Å²) in [5, 5.41) is 3.37. The molecule has 0 bridgehead atoms. The number of aromatic nitrogens is 2. The highest BCUT2D eigenvalue weighted by Crippen LogP contribution is 2.47. The summed E-state index contributed by atoms with van der Waals surface area (Å²) in [5.74, 6) is 0.459. The highest BCUT2D eigenvalue weighted by Gasteiger charge is 2.46. The minimum absolute atomic E-state index is 0.160. The number of carbonyl (C=O) groups is 1. The summed E-state index contributed by atoms with van der Waals surface area (Å²) < 4.78 is 0. The van der Waals surface area contributed by atoms with Crippen LogP contribution in [0.4, 0.5) is 0 Å². The Balaban J connectivity index is 1.43. The third-order valence-corrected chi connectivity index (χ3v) is 6.06. The van der Waals surface area contributed by atoms with Crippen LogP contribution in [0.3, 0.4) is 0 Å². The Morgan fingerprint density at radius 1 is 0.926 bits per heavy atom. The molecule has 4 nitrogen and oxygen atoms in total. The van der Waals surface area contributed by atoms with Crippen molar-refractivity contribution in [3.8, 4) is 11.1 Å². The van der Waals surface area contributed by atoms with Crippen LogP contribution in [0.15, 0.2) is 54.9 Å². The van der Waals surface area contributed by atoms with E-state index in [-0.39, 0.29) is 17.4 Å². The van der Waals surface area contributed by atoms with E-state index in [9.17, 15) is 4.79 Å². The Morgan fingerprint density at radius 3 is 2.44 bits per heavy atom. The summed E-state index contributed by atoms with van der Waals surface area (Å²) in [6.07, 6.45) is 9.94. The first kappa shape index (κ1) is 16.4. The zero-order valence-electron chi connectivity index (χ0n) is 15.3. The number of amides is 1. The van der Waals surface area contributed by atoms with Gasteiger partial charge in [0, 0.05) is 18.3 Å². The normalized spacial score (nSPS) is 18.5. The van der Waals surface area contributed by atoms with Gasteiger partial charge in [0.05, 0.1) is 16.6 Å². The van der Waals surface area contributed by atoms with Crippen molar-refractivity contribution in [1.29, 1.82) is 0 Å². The minimum Gasteiger partial charge on any atom is -0.346 e. The SMILES string of the molecule is O=C(NC1(c2cccc(-c3ccc4nccnc4c3)c2)CC1)C1CCCC1. The number of rotatable bonds is 4. The van der Waals surface area contributed by atoms with E-state index in [0.29, 0.717) is 0 Å². The summed E-state index contributed by atoms with van der Waals surface area (Å²) in [4.78, 5) is 21.4. The first-order chi connectivity index (χ1) is 13.2. The van der Waals surface area contributed by atoms with E-state index < -0.39 is 0 Å². The molecule has 0 aliphatic heterocycles. The molecule has 1 heterocycles. The lowest BCUT2D eigenvalue weighted by atomic mass is 9.97. The van der Waals surface area contributed by atoms with E-state index in [1.54, 1.807) is 12.4 Å². The highest BCUT2D eigenvalue weighted by molar-refractivity contribution is 5.82. The highest BCUT2D eigenvalue weighted by atomic mass is 16.2. The molecule has 0 unspecified atom stereocenters. The molecule has 2 aliphatic carbocycles. The van der Waals surface area contributed by atoms with Gasteiger partial charge in [-0.05, 0) is 60.6 Å². The van der Waals surface area contributed by atoms with Crippen LogP contribution >= 0.6 is 0 Å². The lowest BCUT2D eigenvalue weighted by molar-refractivity contribution is -0.125. The van der Waals surface area contributed by atoms with Crippen LogP contribution in [-0.2, 0) is 10.3 Å². The summed E-state index contributed by atoms with van der Waals surface area (Å²) in [6.45, 7) is 0. The van der Waals surface area contributed by atoms with Crippen molar-refractivity contribution < 1.29 is 4.79 Å². The smallest absolute Gasteiger partial charge is 0.223 e. The summed E-state index contributed by atoms with van der Waals surface area (Å²) >= 11 is 0. The van der Waals surface area contributed by atoms with Gasteiger partial charge in [-0.1, -0.05) is 37.1 Å². The summed E-state index contributed by atoms with van der Waals surface area (Å²) in [5.41, 5.74) is 5.14. The van der Waals surface area contributed by atoms with E-state index >= 15 is 0 Å². The largest absolute Gasteiger partial charge is 0.346 e. The van der Waals surface area contributed by atoms with Gasteiger partial charge >= 0.3 is 0 Å². The minimum atomic E-state index is -0.160. The van der Waals surface area contributed by atoms with E-state index in [0.717, 1.165) is 47.8 Å². The maximum absolute atomic E-state index is 12.6. The molecule has 5 rings (SSSR count). The Kier molecular flexibility index (Phi) is 3.92. The van der Waals surface area contributed by atoms with Gasteiger partial charge in [0.25, 0.3) is 0 Å². The number of hydrogen-bond acceptors (Lipinski definition) is 3. The van der Waals surface area contributed by atoms with Crippen molar-refractivity contribution in [2.45, 2.75) is 44.1 Å². The molecule has 0 spiro atoms. The predicted molar refractivity (Wildman–Crippen MR) is 106 cm³/mol. The maximum atomic E-state index is 12.6. The lowest BCUT2D eigenvalue weighted by Gasteiger charge is -2.21. The van der Waals surface area contributed by atoms with Crippen molar-refractivity contribution in [2.75, 3.05) is 0 Å². The molecule has 2 saturated carbocycles. The fourth-order valence-corrected chi connectivity index (χ4v) is 4.28. The van der Waals surface area contributed by atoms with Crippen LogP contribution in [0.2, 0.25) is 0 Å². The average molecular weight is 357 g/mol. The van der Waals surface area contributed by atoms with Gasteiger partial charge < -0.3 is 5.32 Å². The Bertz CT molecular complexity index is 1000. The number of fused-ring (bicyclic) bond motifs is 1. The first-order valence-electron chi connectivity index (χ1n) is 9.87. The molecular weight excluding hydrogens is 334 g/mol. The van der Waals surface area contributed by atoms with Gasteiger partial charge in [-0.25, -0.2) is 0 Å². The second-order valence-electron chi connectivity index (χ2n) is 7.89. The van der Waals surface area contributed by atoms with Crippen LogP contribution < -0.4 is 5.32 Å². The molecule has 0 atom stereocenters. The molecule has 2 fully saturated rings. The number of hydrogen-bond donors (Lipinski definition) is 1. The van der Waals surface area contributed by atoms with E-state index in [4.69, 9.17) is 0 Å². The molecule has 0 radical (unpaired) electrons. The van der Waals surface area contributed by atoms with Gasteiger partial charge in [0.1, 0.15) is 0 Å². The zero-order valence-corrected chi connectivity index (χ0v) is 15.3. The van der Waals surface area contributed by atoms with E-state index in [1.165, 1.54) is 18.4 Å². The van der Waals surface area contributed by atoms with Gasteiger partial charge in [0.15, 0.2) is 0 Å². The zero-order chi connectivity index (χ0) is 18.3. The fraction of sp³-hybridized carbons (Fsp3) is 0.348. The number of benzene rings is 2. The third kappa shape index (κ3) is 3.09. The van der Waals surface area contributed by atoms with Crippen LogP contribution in [0, 0.1) is 5.92 Å². The molecule has 136 valence electrons. The summed E-state index contributed by atoms with van der Waals surface area (Å²) in [7, 11) is 0. The van der Waals surface area contributed by atoms with Gasteiger partial charge in [-0.2, -0.15) is 0 Å². The molecule has 1 amide bonds. The number of nitrogens with zero attached hydrogens (tertiary/aromatic N) is 2. The second kappa shape index (κ2) is 6.45. The molecule has 0 saturated heterocycles. The molecule has 27 heavy (non-hydrogen) atoms. The Hall–Kier alpha value is -2.75. The van der Waals surface area contributed by atoms with Gasteiger partial charge in [0.2, 0.25) is 5.91 Å². The van der Waals surface area contributed by atoms with Gasteiger partial charge in [-0.15, -0.1) is 0 Å². The van der Waals surface area contributed by atoms with Crippen molar-refractivity contribution in [2.24, 2.45) is 5.92 Å². The molecule has 1 aromatic heterocycles. The third-order valence-electron chi connectivity index (χ3n) is 6.06. The van der Waals surface area contributed by atoms with Crippen LogP contribution in [0.5, 0.6) is 0 Å². The number of carbonyl (C=O) groups excluding carboxylic acids is 1. The van der Waals surface area contributed by atoms with Gasteiger partial charge in [-0.3, -0.25) is 14.8 Å². The molecular formula is C23H23N3O. The lowest BCUT2D eigenvalue weighted by Crippen LogP contribution is -2.38. The Morgan fingerprint density at radius 2 is 1.67 bits per heavy atom. The summed E-state index contributed by atoms with van der Waals surface area (Å²) in [6, 6.07) is 14.8. The van der Waals surface area contributed by atoms with Crippen LogP contribution in [0.1, 0.15) is 44.1 Å². The van der Waals surface area contributed by atoms with Crippen LogP contribution in [0.25, 0.3) is 22.2 Å².